The maximum Gasteiger partial charge on any atom is 0.321 e. The van der Waals surface area contributed by atoms with Crippen molar-refractivity contribution in [2.24, 2.45) is 0 Å². The molecule has 2 rings (SSSR count). The first-order chi connectivity index (χ1) is 11.9. The Balaban J connectivity index is 1.64. The summed E-state index contributed by atoms with van der Waals surface area (Å²) < 4.78 is 4.90. The molecule has 1 aromatic carbocycles. The van der Waals surface area contributed by atoms with Crippen LogP contribution in [-0.4, -0.2) is 36.3 Å². The quantitative estimate of drug-likeness (QED) is 0.599. The van der Waals surface area contributed by atoms with Gasteiger partial charge in [0.2, 0.25) is 0 Å². The topological polar surface area (TPSA) is 84.5 Å². The predicted octanol–water partition coefficient (Wildman–Crippen LogP) is 2.71. The largest absolute Gasteiger partial charge is 0.455 e. The summed E-state index contributed by atoms with van der Waals surface area (Å²) in [6, 6.07) is 5.55. The maximum atomic E-state index is 11.7. The molecule has 0 aromatic heterocycles. The van der Waals surface area contributed by atoms with E-state index in [1.54, 1.807) is 0 Å². The van der Waals surface area contributed by atoms with Gasteiger partial charge in [0.25, 0.3) is 5.91 Å². The standard InChI is InChI=1S/C18H24N2O4S/c1-12-7-8-15(9-13(12)2)25-11-17(22)24-10-16(21)20-18(23)19-14-5-3-4-6-14/h7-9,14H,3-6,10-11H2,1-2H3,(H2,19,20,21,23). The van der Waals surface area contributed by atoms with Crippen molar-refractivity contribution in [3.8, 4) is 0 Å². The van der Waals surface area contributed by atoms with E-state index in [9.17, 15) is 14.4 Å². The number of ether oxygens (including phenoxy) is 1. The fraction of sp³-hybridized carbons (Fsp3) is 0.500. The number of carbonyl (C=O) groups is 3. The minimum Gasteiger partial charge on any atom is -0.455 e. The Morgan fingerprint density at radius 2 is 1.88 bits per heavy atom. The summed E-state index contributed by atoms with van der Waals surface area (Å²) in [5.74, 6) is -1.00. The van der Waals surface area contributed by atoms with Crippen LogP contribution in [0.3, 0.4) is 0 Å². The molecule has 0 radical (unpaired) electrons. The SMILES string of the molecule is Cc1ccc(SCC(=O)OCC(=O)NC(=O)NC2CCCC2)cc1C. The van der Waals surface area contributed by atoms with E-state index >= 15 is 0 Å². The number of nitrogens with one attached hydrogen (secondary N) is 2. The van der Waals surface area contributed by atoms with Crippen LogP contribution in [0.5, 0.6) is 0 Å². The molecule has 0 bridgehead atoms. The smallest absolute Gasteiger partial charge is 0.321 e. The van der Waals surface area contributed by atoms with Crippen molar-refractivity contribution >= 4 is 29.7 Å². The Bertz CT molecular complexity index is 642. The molecule has 2 N–H and O–H groups in total. The van der Waals surface area contributed by atoms with Crippen LogP contribution in [0.1, 0.15) is 36.8 Å². The Morgan fingerprint density at radius 1 is 1.16 bits per heavy atom. The lowest BCUT2D eigenvalue weighted by atomic mass is 10.1. The number of esters is 1. The number of carbonyl (C=O) groups excluding carboxylic acids is 3. The zero-order chi connectivity index (χ0) is 18.2. The molecule has 0 aliphatic heterocycles. The summed E-state index contributed by atoms with van der Waals surface area (Å²) in [5.41, 5.74) is 2.35. The molecule has 0 saturated heterocycles. The minimum atomic E-state index is -0.625. The van der Waals surface area contributed by atoms with Crippen LogP contribution in [0.2, 0.25) is 0 Å². The van der Waals surface area contributed by atoms with E-state index < -0.39 is 24.5 Å². The average Bonchev–Trinajstić information content (AvgIpc) is 3.06. The van der Waals surface area contributed by atoms with Crippen LogP contribution in [0.4, 0.5) is 4.79 Å². The third-order valence-electron chi connectivity index (χ3n) is 4.14. The van der Waals surface area contributed by atoms with Crippen molar-refractivity contribution in [2.75, 3.05) is 12.4 Å². The molecule has 7 heteroatoms. The van der Waals surface area contributed by atoms with E-state index in [1.807, 2.05) is 32.0 Å². The molecule has 136 valence electrons. The second-order valence-electron chi connectivity index (χ2n) is 6.20. The third-order valence-corrected chi connectivity index (χ3v) is 5.11. The first-order valence-electron chi connectivity index (χ1n) is 8.40. The molecule has 6 nitrogen and oxygen atoms in total. The van der Waals surface area contributed by atoms with Gasteiger partial charge in [0.15, 0.2) is 6.61 Å². The van der Waals surface area contributed by atoms with Crippen molar-refractivity contribution in [3.63, 3.8) is 0 Å². The Morgan fingerprint density at radius 3 is 2.56 bits per heavy atom. The van der Waals surface area contributed by atoms with Gasteiger partial charge in [-0.3, -0.25) is 14.9 Å². The molecule has 0 unspecified atom stereocenters. The van der Waals surface area contributed by atoms with Crippen molar-refractivity contribution in [1.82, 2.24) is 10.6 Å². The van der Waals surface area contributed by atoms with Crippen LogP contribution in [0, 0.1) is 13.8 Å². The maximum absolute atomic E-state index is 11.7. The van der Waals surface area contributed by atoms with Gasteiger partial charge in [0.05, 0.1) is 5.75 Å². The van der Waals surface area contributed by atoms with Crippen LogP contribution in [0.25, 0.3) is 0 Å². The van der Waals surface area contributed by atoms with Crippen LogP contribution in [0.15, 0.2) is 23.1 Å². The Hall–Kier alpha value is -2.02. The van der Waals surface area contributed by atoms with Gasteiger partial charge in [0.1, 0.15) is 0 Å². The van der Waals surface area contributed by atoms with E-state index in [1.165, 1.54) is 17.3 Å². The van der Waals surface area contributed by atoms with Crippen LogP contribution in [-0.2, 0) is 14.3 Å². The number of thioether (sulfide) groups is 1. The molecule has 1 aliphatic carbocycles. The Labute approximate surface area is 152 Å². The van der Waals surface area contributed by atoms with Gasteiger partial charge in [-0.15, -0.1) is 11.8 Å². The normalized spacial score (nSPS) is 14.2. The van der Waals surface area contributed by atoms with Crippen molar-refractivity contribution < 1.29 is 19.1 Å². The fourth-order valence-corrected chi connectivity index (χ4v) is 3.38. The molecule has 0 atom stereocenters. The number of hydrogen-bond donors (Lipinski definition) is 2. The van der Waals surface area contributed by atoms with Gasteiger partial charge in [-0.2, -0.15) is 0 Å². The minimum absolute atomic E-state index is 0.115. The molecule has 0 spiro atoms. The van der Waals surface area contributed by atoms with Gasteiger partial charge in [-0.05, 0) is 49.9 Å². The monoisotopic (exact) mass is 364 g/mol. The molecule has 25 heavy (non-hydrogen) atoms. The average molecular weight is 364 g/mol. The van der Waals surface area contributed by atoms with E-state index in [2.05, 4.69) is 10.6 Å². The molecule has 1 aliphatic rings. The summed E-state index contributed by atoms with van der Waals surface area (Å²) in [4.78, 5) is 36.0. The summed E-state index contributed by atoms with van der Waals surface area (Å²) in [6.07, 6.45) is 4.06. The number of amides is 3. The molecular formula is C18H24N2O4S. The van der Waals surface area contributed by atoms with Crippen molar-refractivity contribution in [3.05, 3.63) is 29.3 Å². The summed E-state index contributed by atoms with van der Waals surface area (Å²) in [7, 11) is 0. The van der Waals surface area contributed by atoms with Crippen molar-refractivity contribution in [2.45, 2.75) is 50.5 Å². The lowest BCUT2D eigenvalue weighted by molar-refractivity contribution is -0.145. The highest BCUT2D eigenvalue weighted by Gasteiger charge is 2.18. The van der Waals surface area contributed by atoms with Gasteiger partial charge in [-0.1, -0.05) is 18.9 Å². The summed E-state index contributed by atoms with van der Waals surface area (Å²) in [5, 5.41) is 4.92. The van der Waals surface area contributed by atoms with Gasteiger partial charge in [-0.25, -0.2) is 4.79 Å². The zero-order valence-corrected chi connectivity index (χ0v) is 15.4. The first kappa shape index (κ1) is 19.3. The zero-order valence-electron chi connectivity index (χ0n) is 14.6. The highest BCUT2D eigenvalue weighted by Crippen LogP contribution is 2.21. The van der Waals surface area contributed by atoms with Crippen molar-refractivity contribution in [1.29, 1.82) is 0 Å². The molecule has 0 heterocycles. The summed E-state index contributed by atoms with van der Waals surface area (Å²) >= 11 is 1.35. The van der Waals surface area contributed by atoms with E-state index in [0.717, 1.165) is 36.1 Å². The molecule has 1 fully saturated rings. The summed E-state index contributed by atoms with van der Waals surface area (Å²) in [6.45, 7) is 3.59. The number of aryl methyl sites for hydroxylation is 2. The molecule has 1 aromatic rings. The lowest BCUT2D eigenvalue weighted by Crippen LogP contribution is -2.45. The molecule has 1 saturated carbocycles. The highest BCUT2D eigenvalue weighted by molar-refractivity contribution is 8.00. The van der Waals surface area contributed by atoms with Gasteiger partial charge in [0, 0.05) is 10.9 Å². The third kappa shape index (κ3) is 6.78. The van der Waals surface area contributed by atoms with Crippen LogP contribution < -0.4 is 10.6 Å². The first-order valence-corrected chi connectivity index (χ1v) is 9.38. The van der Waals surface area contributed by atoms with E-state index in [-0.39, 0.29) is 11.8 Å². The Kier molecular flexibility index (Phi) is 7.31. The van der Waals surface area contributed by atoms with E-state index in [0.29, 0.717) is 0 Å². The number of hydrogen-bond acceptors (Lipinski definition) is 5. The number of imide groups is 1. The fourth-order valence-electron chi connectivity index (χ4n) is 2.59. The number of rotatable bonds is 6. The molecule has 3 amide bonds. The number of urea groups is 1. The van der Waals surface area contributed by atoms with Gasteiger partial charge >= 0.3 is 12.0 Å². The second-order valence-corrected chi connectivity index (χ2v) is 7.25. The highest BCUT2D eigenvalue weighted by atomic mass is 32.2. The lowest BCUT2D eigenvalue weighted by Gasteiger charge is -2.12. The van der Waals surface area contributed by atoms with Gasteiger partial charge < -0.3 is 10.1 Å². The number of benzene rings is 1. The molecular weight excluding hydrogens is 340 g/mol. The predicted molar refractivity (Wildman–Crippen MR) is 96.5 cm³/mol. The van der Waals surface area contributed by atoms with Crippen LogP contribution >= 0.6 is 11.8 Å². The van der Waals surface area contributed by atoms with E-state index in [4.69, 9.17) is 4.74 Å². The second kappa shape index (κ2) is 9.46.